The molecule has 2 aliphatic heterocycles. The second-order valence-corrected chi connectivity index (χ2v) is 14.8. The van der Waals surface area contributed by atoms with Crippen molar-refractivity contribution in [3.8, 4) is 0 Å². The van der Waals surface area contributed by atoms with Gasteiger partial charge in [0, 0.05) is 44.7 Å². The van der Waals surface area contributed by atoms with Crippen LogP contribution in [-0.4, -0.2) is 11.9 Å². The van der Waals surface area contributed by atoms with Gasteiger partial charge in [0.15, 0.2) is 0 Å². The van der Waals surface area contributed by atoms with Gasteiger partial charge in [-0.3, -0.25) is 10.3 Å². The molecule has 11 rings (SSSR count). The van der Waals surface area contributed by atoms with Crippen LogP contribution in [0.5, 0.6) is 0 Å². The molecule has 0 fully saturated rings. The summed E-state index contributed by atoms with van der Waals surface area (Å²) in [5.41, 5.74) is 12.3. The van der Waals surface area contributed by atoms with Crippen molar-refractivity contribution in [1.82, 2.24) is 16.0 Å². The minimum absolute atomic E-state index is 0.00366. The Balaban J connectivity index is 0.977. The summed E-state index contributed by atoms with van der Waals surface area (Å²) in [4.78, 5) is 5.31. The zero-order valence-electron chi connectivity index (χ0n) is 30.5. The van der Waals surface area contributed by atoms with E-state index in [0.29, 0.717) is 0 Å². The molecular weight excluding hydrogens is 689 g/mol. The minimum atomic E-state index is -0.217. The Hall–Kier alpha value is -6.89. The standard InChI is InChI=1S/C50H38N4O2/c1-5-15-31(16-6-1)41-28-42(32-17-7-2-8-18-32)52-49(51-41)37-25-13-23-35-39-27-40-36-24-14-26-38(48(36)56-46(40)30-45(39)55-47(35)37)50-53-43(33-19-9-3-10-20-33)29-44(54-50)34-21-11-4-12-22-34/h1-25,27-30,38,41,49-53H,26H2. The first-order chi connectivity index (χ1) is 27.7. The summed E-state index contributed by atoms with van der Waals surface area (Å²) in [6.45, 7) is 0. The van der Waals surface area contributed by atoms with E-state index in [9.17, 15) is 0 Å². The third kappa shape index (κ3) is 5.65. The van der Waals surface area contributed by atoms with E-state index in [4.69, 9.17) is 13.8 Å². The first-order valence-corrected chi connectivity index (χ1v) is 19.3. The summed E-state index contributed by atoms with van der Waals surface area (Å²) in [5, 5.41) is 14.7. The van der Waals surface area contributed by atoms with E-state index in [2.05, 4.69) is 180 Å². The number of nitrogens with one attached hydrogen (secondary N) is 3. The summed E-state index contributed by atoms with van der Waals surface area (Å²) in [6, 6.07) is 52.8. The summed E-state index contributed by atoms with van der Waals surface area (Å²) in [7, 11) is 0. The summed E-state index contributed by atoms with van der Waals surface area (Å²) in [5.74, 6) is 0.946. The molecule has 4 unspecified atom stereocenters. The number of para-hydroxylation sites is 1. The lowest BCUT2D eigenvalue weighted by Gasteiger charge is -2.33. The van der Waals surface area contributed by atoms with Gasteiger partial charge in [0.05, 0.1) is 17.7 Å². The molecule has 4 heterocycles. The number of hydrogen-bond donors (Lipinski definition) is 3. The third-order valence-electron chi connectivity index (χ3n) is 11.3. The lowest BCUT2D eigenvalue weighted by atomic mass is 9.88. The average Bonchev–Trinajstić information content (AvgIpc) is 3.84. The van der Waals surface area contributed by atoms with Crippen molar-refractivity contribution < 1.29 is 8.83 Å². The zero-order valence-corrected chi connectivity index (χ0v) is 30.5. The number of furan rings is 2. The number of nitrogens with zero attached hydrogens (tertiary/aromatic N) is 1. The van der Waals surface area contributed by atoms with Crippen LogP contribution >= 0.6 is 0 Å². The van der Waals surface area contributed by atoms with Crippen LogP contribution in [0.3, 0.4) is 0 Å². The quantitative estimate of drug-likeness (QED) is 0.159. The van der Waals surface area contributed by atoms with E-state index < -0.39 is 0 Å². The van der Waals surface area contributed by atoms with Crippen LogP contribution in [-0.2, 0) is 0 Å². The van der Waals surface area contributed by atoms with E-state index in [0.717, 1.165) is 90.0 Å². The Morgan fingerprint density at radius 1 is 0.589 bits per heavy atom. The average molecular weight is 727 g/mol. The normalized spacial score (nSPS) is 20.5. The molecule has 0 spiro atoms. The Morgan fingerprint density at radius 2 is 1.27 bits per heavy atom. The molecule has 0 radical (unpaired) electrons. The monoisotopic (exact) mass is 726 g/mol. The maximum absolute atomic E-state index is 6.84. The fourth-order valence-electron chi connectivity index (χ4n) is 8.59. The van der Waals surface area contributed by atoms with E-state index >= 15 is 0 Å². The van der Waals surface area contributed by atoms with Gasteiger partial charge in [0.2, 0.25) is 0 Å². The van der Waals surface area contributed by atoms with Crippen LogP contribution in [0.1, 0.15) is 63.7 Å². The molecule has 3 aliphatic rings. The second kappa shape index (κ2) is 13.4. The van der Waals surface area contributed by atoms with E-state index in [1.165, 1.54) is 5.56 Å². The van der Waals surface area contributed by atoms with Crippen LogP contribution in [0.15, 0.2) is 184 Å². The predicted octanol–water partition coefficient (Wildman–Crippen LogP) is 11.3. The van der Waals surface area contributed by atoms with Crippen molar-refractivity contribution >= 4 is 56.1 Å². The largest absolute Gasteiger partial charge is 0.460 e. The van der Waals surface area contributed by atoms with Gasteiger partial charge in [-0.25, -0.2) is 0 Å². The fourth-order valence-corrected chi connectivity index (χ4v) is 8.59. The van der Waals surface area contributed by atoms with Crippen LogP contribution in [0.2, 0.25) is 0 Å². The maximum Gasteiger partial charge on any atom is 0.142 e. The Bertz CT molecular complexity index is 2870. The van der Waals surface area contributed by atoms with Crippen LogP contribution in [0.25, 0.3) is 50.4 Å². The van der Waals surface area contributed by atoms with Crippen LogP contribution < -0.4 is 16.0 Å². The van der Waals surface area contributed by atoms with Gasteiger partial charge in [-0.1, -0.05) is 152 Å². The van der Waals surface area contributed by atoms with Crippen molar-refractivity contribution in [3.05, 3.63) is 209 Å². The van der Waals surface area contributed by atoms with Crippen LogP contribution in [0.4, 0.5) is 0 Å². The van der Waals surface area contributed by atoms with E-state index in [1.807, 2.05) is 12.1 Å². The molecule has 0 saturated heterocycles. The molecule has 56 heavy (non-hydrogen) atoms. The molecule has 6 aromatic carbocycles. The molecule has 0 bridgehead atoms. The highest BCUT2D eigenvalue weighted by Gasteiger charge is 2.34. The lowest BCUT2D eigenvalue weighted by molar-refractivity contribution is 0.414. The molecule has 1 aliphatic carbocycles. The van der Waals surface area contributed by atoms with Gasteiger partial charge in [-0.15, -0.1) is 0 Å². The molecule has 6 heteroatoms. The first-order valence-electron chi connectivity index (χ1n) is 19.3. The van der Waals surface area contributed by atoms with Crippen molar-refractivity contribution in [2.45, 2.75) is 30.7 Å². The maximum atomic E-state index is 6.84. The number of hydrogen-bond acceptors (Lipinski definition) is 6. The van der Waals surface area contributed by atoms with Gasteiger partial charge >= 0.3 is 0 Å². The van der Waals surface area contributed by atoms with Gasteiger partial charge in [0.25, 0.3) is 0 Å². The molecule has 2 aromatic heterocycles. The van der Waals surface area contributed by atoms with E-state index in [-0.39, 0.29) is 24.3 Å². The Morgan fingerprint density at radius 3 is 2.02 bits per heavy atom. The third-order valence-corrected chi connectivity index (χ3v) is 11.3. The molecular formula is C50H38N4O2. The van der Waals surface area contributed by atoms with Crippen molar-refractivity contribution in [3.63, 3.8) is 0 Å². The lowest BCUT2D eigenvalue weighted by Crippen LogP contribution is -2.39. The topological polar surface area (TPSA) is 74.7 Å². The fraction of sp³-hybridized carbons (Fsp3) is 0.100. The number of fused-ring (bicyclic) bond motifs is 6. The summed E-state index contributed by atoms with van der Waals surface area (Å²) in [6.07, 6.45) is 9.31. The molecule has 0 amide bonds. The highest BCUT2D eigenvalue weighted by molar-refractivity contribution is 6.13. The molecule has 6 nitrogen and oxygen atoms in total. The Kier molecular flexibility index (Phi) is 7.81. The van der Waals surface area contributed by atoms with Crippen molar-refractivity contribution in [2.24, 2.45) is 4.99 Å². The smallest absolute Gasteiger partial charge is 0.142 e. The highest BCUT2D eigenvalue weighted by Crippen LogP contribution is 2.44. The summed E-state index contributed by atoms with van der Waals surface area (Å²) >= 11 is 0. The van der Waals surface area contributed by atoms with E-state index in [1.54, 1.807) is 0 Å². The zero-order chi connectivity index (χ0) is 37.0. The van der Waals surface area contributed by atoms with Crippen molar-refractivity contribution in [1.29, 1.82) is 0 Å². The van der Waals surface area contributed by atoms with Gasteiger partial charge in [0.1, 0.15) is 34.8 Å². The summed E-state index contributed by atoms with van der Waals surface area (Å²) < 4.78 is 13.7. The molecule has 8 aromatic rings. The molecule has 3 N–H and O–H groups in total. The van der Waals surface area contributed by atoms with Gasteiger partial charge < -0.3 is 19.5 Å². The predicted molar refractivity (Wildman–Crippen MR) is 227 cm³/mol. The molecule has 0 saturated carbocycles. The number of allylic oxidation sites excluding steroid dienone is 2. The highest BCUT2D eigenvalue weighted by atomic mass is 16.3. The van der Waals surface area contributed by atoms with Crippen LogP contribution in [0, 0.1) is 0 Å². The number of benzene rings is 6. The minimum Gasteiger partial charge on any atom is -0.460 e. The number of rotatable bonds is 6. The van der Waals surface area contributed by atoms with Gasteiger partial charge in [-0.05, 0) is 46.9 Å². The van der Waals surface area contributed by atoms with Gasteiger partial charge in [-0.2, -0.15) is 0 Å². The first kappa shape index (κ1) is 32.5. The Labute approximate surface area is 324 Å². The number of aliphatic imine (C=N–C) groups is 1. The second-order valence-electron chi connectivity index (χ2n) is 14.8. The molecule has 270 valence electrons. The molecule has 4 atom stereocenters. The SMILES string of the molecule is C1=Cc2c(oc3cc4oc5c(C6NC(c7ccccc7)=CC(c7ccccc7)N6)cccc5c4cc23)C(C2N=C(c3ccccc3)C=C(c3ccccc3)N2)C1. The van der Waals surface area contributed by atoms with Crippen molar-refractivity contribution in [2.75, 3.05) is 0 Å².